The number of hydrogen-bond donors (Lipinski definition) is 1. The van der Waals surface area contributed by atoms with Crippen LogP contribution in [0.25, 0.3) is 22.2 Å². The molecule has 3 fully saturated rings. The second kappa shape index (κ2) is 12.4. The maximum Gasteiger partial charge on any atom is 0.303 e. The molecule has 2 amide bonds. The number of ether oxygens (including phenoxy) is 2. The Kier molecular flexibility index (Phi) is 8.71. The Bertz CT molecular complexity index is 1690. The minimum Gasteiger partial charge on any atom is -0.497 e. The van der Waals surface area contributed by atoms with Gasteiger partial charge in [-0.3, -0.25) is 9.59 Å². The zero-order valence-electron chi connectivity index (χ0n) is 26.7. The van der Waals surface area contributed by atoms with Crippen LogP contribution in [0.4, 0.5) is 0 Å². The number of methoxy groups -OCH3 is 1. The molecule has 1 saturated heterocycles. The molecule has 0 radical (unpaired) electrons. The number of fused-ring (bicyclic) bond motifs is 1. The van der Waals surface area contributed by atoms with Crippen molar-refractivity contribution in [1.29, 1.82) is 0 Å². The first-order valence-electron chi connectivity index (χ1n) is 16.0. The highest BCUT2D eigenvalue weighted by atomic mass is 32.2. The lowest BCUT2D eigenvalue weighted by Crippen LogP contribution is -2.50. The zero-order chi connectivity index (χ0) is 31.9. The lowest BCUT2D eigenvalue weighted by atomic mass is 9.81. The molecule has 0 bridgehead atoms. The van der Waals surface area contributed by atoms with Gasteiger partial charge in [0.25, 0.3) is 5.91 Å². The molecule has 1 aliphatic heterocycles. The number of nitrogens with one attached hydrogen (secondary N) is 1. The molecule has 2 saturated carbocycles. The van der Waals surface area contributed by atoms with Crippen LogP contribution in [0.3, 0.4) is 0 Å². The van der Waals surface area contributed by atoms with Crippen LogP contribution in [0.1, 0.15) is 73.7 Å². The summed E-state index contributed by atoms with van der Waals surface area (Å²) in [5.41, 5.74) is 3.87. The van der Waals surface area contributed by atoms with Crippen molar-refractivity contribution in [3.63, 3.8) is 0 Å². The molecule has 2 aromatic carbocycles. The van der Waals surface area contributed by atoms with Gasteiger partial charge in [0.1, 0.15) is 5.75 Å². The van der Waals surface area contributed by atoms with Gasteiger partial charge in [-0.05, 0) is 86.1 Å². The number of carbonyl (C=O) groups is 2. The van der Waals surface area contributed by atoms with Gasteiger partial charge in [0.15, 0.2) is 0 Å². The van der Waals surface area contributed by atoms with E-state index in [4.69, 9.17) is 9.47 Å². The van der Waals surface area contributed by atoms with Gasteiger partial charge >= 0.3 is 10.2 Å². The van der Waals surface area contributed by atoms with Crippen LogP contribution in [0.2, 0.25) is 0 Å². The number of carbonyl (C=O) groups excluding carboxylic acids is 2. The summed E-state index contributed by atoms with van der Waals surface area (Å²) in [5.74, 6) is 0.560. The van der Waals surface area contributed by atoms with E-state index in [1.54, 1.807) is 19.2 Å². The second-order valence-electron chi connectivity index (χ2n) is 13.1. The predicted molar refractivity (Wildman–Crippen MR) is 173 cm³/mol. The minimum absolute atomic E-state index is 0.0120. The summed E-state index contributed by atoms with van der Waals surface area (Å²) in [6.07, 6.45) is 7.24. The van der Waals surface area contributed by atoms with Crippen molar-refractivity contribution in [1.82, 2.24) is 18.5 Å². The summed E-state index contributed by atoms with van der Waals surface area (Å²) in [6, 6.07) is 13.5. The summed E-state index contributed by atoms with van der Waals surface area (Å²) in [7, 11) is 0.435. The van der Waals surface area contributed by atoms with Crippen molar-refractivity contribution in [3.8, 4) is 17.0 Å². The molecule has 0 spiro atoms. The molecule has 0 unspecified atom stereocenters. The summed E-state index contributed by atoms with van der Waals surface area (Å²) in [6.45, 7) is 4.16. The first-order chi connectivity index (χ1) is 21.5. The number of nitrogens with zero attached hydrogens (tertiary/aromatic N) is 3. The van der Waals surface area contributed by atoms with Crippen LogP contribution in [-0.2, 0) is 26.3 Å². The van der Waals surface area contributed by atoms with Crippen molar-refractivity contribution >= 4 is 32.9 Å². The predicted octanol–water partition coefficient (Wildman–Crippen LogP) is 4.93. The summed E-state index contributed by atoms with van der Waals surface area (Å²) >= 11 is 0. The molecule has 3 aliphatic rings. The van der Waals surface area contributed by atoms with Gasteiger partial charge in [0, 0.05) is 43.7 Å². The normalized spacial score (nSPS) is 20.4. The Morgan fingerprint density at radius 1 is 1.07 bits per heavy atom. The summed E-state index contributed by atoms with van der Waals surface area (Å²) in [5, 5.41) is 1.04. The molecule has 3 aromatic rings. The maximum absolute atomic E-state index is 14.2. The monoisotopic (exact) mass is 636 g/mol. The fraction of sp³-hybridized carbons (Fsp3) is 0.529. The fourth-order valence-electron chi connectivity index (χ4n) is 7.04. The maximum atomic E-state index is 14.2. The molecule has 1 atom stereocenters. The molecule has 10 nitrogen and oxygen atoms in total. The van der Waals surface area contributed by atoms with Gasteiger partial charge in [-0.25, -0.2) is 4.72 Å². The van der Waals surface area contributed by atoms with E-state index in [0.29, 0.717) is 32.2 Å². The lowest BCUT2D eigenvalue weighted by Gasteiger charge is -2.36. The SMILES string of the molecule is COc1ccc(-c2c(C3CCCCC3)c3ccc(C(=O)NS(=O)(=O)N(C)C)cc3n2CC2(C(=O)N3CCOC[C@H]3C)CC2)cc1. The quantitative estimate of drug-likeness (QED) is 0.357. The third-order valence-electron chi connectivity index (χ3n) is 9.84. The van der Waals surface area contributed by atoms with Crippen LogP contribution in [0.15, 0.2) is 42.5 Å². The molecular formula is C34H44N4O6S. The number of amides is 2. The fourth-order valence-corrected chi connectivity index (χ4v) is 7.58. The van der Waals surface area contributed by atoms with Gasteiger partial charge in [0.2, 0.25) is 5.91 Å². The number of morpholine rings is 1. The second-order valence-corrected chi connectivity index (χ2v) is 14.9. The van der Waals surface area contributed by atoms with Gasteiger partial charge in [0.05, 0.1) is 37.5 Å². The first-order valence-corrected chi connectivity index (χ1v) is 17.4. The average Bonchev–Trinajstić information content (AvgIpc) is 3.76. The zero-order valence-corrected chi connectivity index (χ0v) is 27.5. The van der Waals surface area contributed by atoms with Gasteiger partial charge in [-0.1, -0.05) is 25.3 Å². The average molecular weight is 637 g/mol. The molecule has 1 N–H and O–H groups in total. The van der Waals surface area contributed by atoms with Crippen molar-refractivity contribution < 1.29 is 27.5 Å². The first kappa shape index (κ1) is 31.6. The van der Waals surface area contributed by atoms with Crippen LogP contribution >= 0.6 is 0 Å². The third-order valence-corrected chi connectivity index (χ3v) is 11.2. The largest absolute Gasteiger partial charge is 0.497 e. The molecule has 2 heterocycles. The third kappa shape index (κ3) is 6.09. The molecule has 1 aromatic heterocycles. The highest BCUT2D eigenvalue weighted by molar-refractivity contribution is 7.87. The smallest absolute Gasteiger partial charge is 0.303 e. The van der Waals surface area contributed by atoms with Crippen LogP contribution in [-0.4, -0.2) is 81.0 Å². The van der Waals surface area contributed by atoms with Crippen LogP contribution in [0.5, 0.6) is 5.75 Å². The Morgan fingerprint density at radius 2 is 1.78 bits per heavy atom. The Balaban J connectivity index is 1.53. The van der Waals surface area contributed by atoms with E-state index in [-0.39, 0.29) is 17.5 Å². The van der Waals surface area contributed by atoms with E-state index < -0.39 is 21.5 Å². The van der Waals surface area contributed by atoms with Gasteiger partial charge < -0.3 is 18.9 Å². The molecule has 11 heteroatoms. The minimum atomic E-state index is -3.97. The van der Waals surface area contributed by atoms with E-state index in [0.717, 1.165) is 70.7 Å². The Morgan fingerprint density at radius 3 is 2.40 bits per heavy atom. The standard InChI is InChI=1S/C34H44N4O6S/c1-23-21-44-19-18-37(23)33(40)34(16-17-34)22-38-29-20-26(32(39)35-45(41,42)36(2)3)12-15-28(29)30(24-8-6-5-7-9-24)31(38)25-10-13-27(43-4)14-11-25/h10-15,20,23-24H,5-9,16-19,21-22H2,1-4H3,(H,35,39)/t23-/m1/s1. The molecule has 242 valence electrons. The van der Waals surface area contributed by atoms with Crippen molar-refractivity contribution in [2.75, 3.05) is 41.0 Å². The summed E-state index contributed by atoms with van der Waals surface area (Å²) in [4.78, 5) is 29.4. The summed E-state index contributed by atoms with van der Waals surface area (Å²) < 4.78 is 41.5. The number of hydrogen-bond acceptors (Lipinski definition) is 6. The van der Waals surface area contributed by atoms with Crippen LogP contribution < -0.4 is 9.46 Å². The van der Waals surface area contributed by atoms with E-state index in [2.05, 4.69) is 21.4 Å². The van der Waals surface area contributed by atoms with Crippen molar-refractivity contribution in [2.45, 2.75) is 70.4 Å². The number of benzene rings is 2. The molecule has 6 rings (SSSR count). The van der Waals surface area contributed by atoms with Gasteiger partial charge in [-0.2, -0.15) is 12.7 Å². The Hall–Kier alpha value is -3.41. The van der Waals surface area contributed by atoms with E-state index in [1.165, 1.54) is 26.1 Å². The van der Waals surface area contributed by atoms with E-state index >= 15 is 0 Å². The number of rotatable bonds is 9. The topological polar surface area (TPSA) is 110 Å². The number of aromatic nitrogens is 1. The Labute approximate surface area is 265 Å². The highest BCUT2D eigenvalue weighted by Crippen LogP contribution is 2.52. The molecule has 45 heavy (non-hydrogen) atoms. The van der Waals surface area contributed by atoms with Crippen molar-refractivity contribution in [3.05, 3.63) is 53.6 Å². The molecular weight excluding hydrogens is 592 g/mol. The lowest BCUT2D eigenvalue weighted by molar-refractivity contribution is -0.145. The van der Waals surface area contributed by atoms with E-state index in [1.807, 2.05) is 30.0 Å². The van der Waals surface area contributed by atoms with Crippen LogP contribution in [0, 0.1) is 5.41 Å². The van der Waals surface area contributed by atoms with Crippen molar-refractivity contribution in [2.24, 2.45) is 5.41 Å². The van der Waals surface area contributed by atoms with E-state index in [9.17, 15) is 18.0 Å². The highest BCUT2D eigenvalue weighted by Gasteiger charge is 2.53. The van der Waals surface area contributed by atoms with Gasteiger partial charge in [-0.15, -0.1) is 0 Å². The molecule has 2 aliphatic carbocycles.